The molecule has 0 aliphatic rings. The van der Waals surface area contributed by atoms with Crippen molar-refractivity contribution in [2.75, 3.05) is 5.32 Å². The van der Waals surface area contributed by atoms with Crippen LogP contribution in [0.5, 0.6) is 0 Å². The lowest BCUT2D eigenvalue weighted by Gasteiger charge is -2.21. The van der Waals surface area contributed by atoms with Crippen LogP contribution in [0.15, 0.2) is 18.2 Å². The zero-order valence-electron chi connectivity index (χ0n) is 11.5. The normalized spacial score (nSPS) is 11.6. The van der Waals surface area contributed by atoms with Crippen LogP contribution in [0.25, 0.3) is 0 Å². The Hall–Kier alpha value is -2.06. The van der Waals surface area contributed by atoms with Gasteiger partial charge in [-0.25, -0.2) is 0 Å². The molecule has 1 aromatic rings. The summed E-state index contributed by atoms with van der Waals surface area (Å²) in [4.78, 5) is 23.2. The zero-order valence-corrected chi connectivity index (χ0v) is 12.3. The van der Waals surface area contributed by atoms with E-state index in [1.165, 1.54) is 19.1 Å². The molecule has 1 atom stereocenters. The van der Waals surface area contributed by atoms with Gasteiger partial charge in [-0.15, -0.1) is 0 Å². The molecule has 0 fully saturated rings. The highest BCUT2D eigenvalue weighted by Crippen LogP contribution is 2.20. The molecular formula is C14H16ClN3O2. The number of carbonyl (C=O) groups excluding carboxylic acids is 2. The Labute approximate surface area is 122 Å². The molecular weight excluding hydrogens is 278 g/mol. The molecule has 2 N–H and O–H groups in total. The molecule has 0 radical (unpaired) electrons. The highest BCUT2D eigenvalue weighted by atomic mass is 35.5. The summed E-state index contributed by atoms with van der Waals surface area (Å²) in [7, 11) is 0. The van der Waals surface area contributed by atoms with E-state index in [0.29, 0.717) is 11.3 Å². The number of halogens is 1. The number of hydrogen-bond donors (Lipinski definition) is 2. The van der Waals surface area contributed by atoms with E-state index in [9.17, 15) is 9.59 Å². The minimum absolute atomic E-state index is 0.0484. The molecule has 0 spiro atoms. The summed E-state index contributed by atoms with van der Waals surface area (Å²) in [5, 5.41) is 14.3. The van der Waals surface area contributed by atoms with Gasteiger partial charge in [-0.2, -0.15) is 5.26 Å². The van der Waals surface area contributed by atoms with Crippen LogP contribution in [0.4, 0.5) is 5.69 Å². The lowest BCUT2D eigenvalue weighted by molar-refractivity contribution is -0.126. The van der Waals surface area contributed by atoms with E-state index in [0.717, 1.165) is 0 Å². The molecule has 0 aliphatic heterocycles. The molecule has 0 heterocycles. The fourth-order valence-electron chi connectivity index (χ4n) is 1.66. The third-order valence-electron chi connectivity index (χ3n) is 2.66. The van der Waals surface area contributed by atoms with Gasteiger partial charge >= 0.3 is 0 Å². The first-order valence-corrected chi connectivity index (χ1v) is 6.50. The first-order chi connectivity index (χ1) is 9.35. The first kappa shape index (κ1) is 16.0. The minimum Gasteiger partial charge on any atom is -0.344 e. The van der Waals surface area contributed by atoms with Crippen LogP contribution in [0.2, 0.25) is 5.02 Å². The van der Waals surface area contributed by atoms with Crippen LogP contribution in [-0.2, 0) is 9.59 Å². The van der Waals surface area contributed by atoms with Crippen molar-refractivity contribution in [3.8, 4) is 6.07 Å². The van der Waals surface area contributed by atoms with Gasteiger partial charge in [0, 0.05) is 12.6 Å². The van der Waals surface area contributed by atoms with Gasteiger partial charge in [-0.05, 0) is 24.1 Å². The largest absolute Gasteiger partial charge is 0.344 e. The zero-order chi connectivity index (χ0) is 15.3. The number of nitrogens with zero attached hydrogens (tertiary/aromatic N) is 1. The van der Waals surface area contributed by atoms with Crippen LogP contribution in [0.3, 0.4) is 0 Å². The molecule has 20 heavy (non-hydrogen) atoms. The molecule has 2 amide bonds. The number of benzene rings is 1. The van der Waals surface area contributed by atoms with Gasteiger partial charge < -0.3 is 10.6 Å². The predicted molar refractivity (Wildman–Crippen MR) is 77.2 cm³/mol. The quantitative estimate of drug-likeness (QED) is 0.893. The van der Waals surface area contributed by atoms with E-state index in [1.807, 2.05) is 19.9 Å². The smallest absolute Gasteiger partial charge is 0.247 e. The summed E-state index contributed by atoms with van der Waals surface area (Å²) in [5.74, 6) is -0.638. The van der Waals surface area contributed by atoms with Crippen molar-refractivity contribution in [3.63, 3.8) is 0 Å². The maximum absolute atomic E-state index is 12.1. The average Bonchev–Trinajstić information content (AvgIpc) is 2.35. The Kier molecular flexibility index (Phi) is 5.53. The fraction of sp³-hybridized carbons (Fsp3) is 0.357. The number of hydrogen-bond acceptors (Lipinski definition) is 3. The number of nitrogens with one attached hydrogen (secondary N) is 2. The van der Waals surface area contributed by atoms with Crippen molar-refractivity contribution >= 4 is 29.1 Å². The summed E-state index contributed by atoms with van der Waals surface area (Å²) < 4.78 is 0. The van der Waals surface area contributed by atoms with E-state index < -0.39 is 6.04 Å². The van der Waals surface area contributed by atoms with Gasteiger partial charge in [0.25, 0.3) is 0 Å². The minimum atomic E-state index is -0.623. The lowest BCUT2D eigenvalue weighted by Crippen LogP contribution is -2.46. The first-order valence-electron chi connectivity index (χ1n) is 6.12. The average molecular weight is 294 g/mol. The van der Waals surface area contributed by atoms with E-state index in [2.05, 4.69) is 10.6 Å². The summed E-state index contributed by atoms with van der Waals surface area (Å²) >= 11 is 5.90. The van der Waals surface area contributed by atoms with Gasteiger partial charge in [0.1, 0.15) is 12.1 Å². The highest BCUT2D eigenvalue weighted by Gasteiger charge is 2.23. The Morgan fingerprint density at radius 2 is 2.00 bits per heavy atom. The van der Waals surface area contributed by atoms with Crippen LogP contribution in [0, 0.1) is 17.2 Å². The third-order valence-corrected chi connectivity index (χ3v) is 2.98. The van der Waals surface area contributed by atoms with Crippen molar-refractivity contribution in [1.29, 1.82) is 5.26 Å². The summed E-state index contributed by atoms with van der Waals surface area (Å²) in [6.45, 7) is 5.04. The molecule has 1 aromatic carbocycles. The molecule has 0 aromatic heterocycles. The Bertz CT molecular complexity index is 564. The topological polar surface area (TPSA) is 82.0 Å². The maximum atomic E-state index is 12.1. The van der Waals surface area contributed by atoms with Crippen molar-refractivity contribution in [1.82, 2.24) is 5.32 Å². The lowest BCUT2D eigenvalue weighted by atomic mass is 10.0. The van der Waals surface area contributed by atoms with Crippen LogP contribution >= 0.6 is 11.6 Å². The Morgan fingerprint density at radius 3 is 2.45 bits per heavy atom. The molecule has 0 saturated carbocycles. The molecule has 6 heteroatoms. The summed E-state index contributed by atoms with van der Waals surface area (Å²) in [6, 6.07) is 5.94. The van der Waals surface area contributed by atoms with E-state index in [1.54, 1.807) is 6.07 Å². The Balaban J connectivity index is 2.86. The summed E-state index contributed by atoms with van der Waals surface area (Å²) in [5.41, 5.74) is 0.821. The monoisotopic (exact) mass is 293 g/mol. The van der Waals surface area contributed by atoms with Gasteiger partial charge in [0.05, 0.1) is 10.6 Å². The standard InChI is InChI=1S/C14H16ClN3O2/c1-8(2)13(17-9(3)19)14(20)18-11-5-4-10(7-16)12(15)6-11/h4-6,8,13H,1-3H3,(H,17,19)(H,18,20). The third kappa shape index (κ3) is 4.25. The summed E-state index contributed by atoms with van der Waals surface area (Å²) in [6.07, 6.45) is 0. The van der Waals surface area contributed by atoms with Crippen LogP contribution in [-0.4, -0.2) is 17.9 Å². The number of anilines is 1. The molecule has 1 rings (SSSR count). The van der Waals surface area contributed by atoms with Crippen LogP contribution in [0.1, 0.15) is 26.3 Å². The van der Waals surface area contributed by atoms with Crippen molar-refractivity contribution in [2.24, 2.45) is 5.92 Å². The molecule has 1 unspecified atom stereocenters. The van der Waals surface area contributed by atoms with Gasteiger partial charge in [0.2, 0.25) is 11.8 Å². The number of carbonyl (C=O) groups is 2. The second-order valence-electron chi connectivity index (χ2n) is 4.72. The number of nitriles is 1. The second kappa shape index (κ2) is 6.92. The van der Waals surface area contributed by atoms with Gasteiger partial charge in [-0.3, -0.25) is 9.59 Å². The van der Waals surface area contributed by atoms with Crippen molar-refractivity contribution in [2.45, 2.75) is 26.8 Å². The number of amides is 2. The van der Waals surface area contributed by atoms with E-state index in [4.69, 9.17) is 16.9 Å². The highest BCUT2D eigenvalue weighted by molar-refractivity contribution is 6.32. The van der Waals surface area contributed by atoms with Gasteiger partial charge in [0.15, 0.2) is 0 Å². The molecule has 5 nitrogen and oxygen atoms in total. The molecule has 0 aliphatic carbocycles. The number of rotatable bonds is 4. The van der Waals surface area contributed by atoms with E-state index >= 15 is 0 Å². The van der Waals surface area contributed by atoms with Crippen LogP contribution < -0.4 is 10.6 Å². The van der Waals surface area contributed by atoms with Crippen molar-refractivity contribution in [3.05, 3.63) is 28.8 Å². The maximum Gasteiger partial charge on any atom is 0.247 e. The SMILES string of the molecule is CC(=O)NC(C(=O)Nc1ccc(C#N)c(Cl)c1)C(C)C. The predicted octanol–water partition coefficient (Wildman–Crippen LogP) is 2.31. The molecule has 106 valence electrons. The van der Waals surface area contributed by atoms with Gasteiger partial charge in [-0.1, -0.05) is 25.4 Å². The van der Waals surface area contributed by atoms with Crippen molar-refractivity contribution < 1.29 is 9.59 Å². The molecule has 0 saturated heterocycles. The van der Waals surface area contributed by atoms with E-state index in [-0.39, 0.29) is 22.8 Å². The second-order valence-corrected chi connectivity index (χ2v) is 5.13. The fourth-order valence-corrected chi connectivity index (χ4v) is 1.88. The Morgan fingerprint density at radius 1 is 1.35 bits per heavy atom. The molecule has 0 bridgehead atoms.